The average molecular weight is 354 g/mol. The highest BCUT2D eigenvalue weighted by atomic mass is 16.5. The lowest BCUT2D eigenvalue weighted by molar-refractivity contribution is 0.160. The lowest BCUT2D eigenvalue weighted by Crippen LogP contribution is -2.43. The number of anilines is 1. The Morgan fingerprint density at radius 1 is 1.31 bits per heavy atom. The first kappa shape index (κ1) is 18.2. The molecule has 26 heavy (non-hydrogen) atoms. The molecule has 0 aliphatic heterocycles. The van der Waals surface area contributed by atoms with Crippen molar-refractivity contribution in [2.45, 2.75) is 31.9 Å². The fourth-order valence-electron chi connectivity index (χ4n) is 3.07. The van der Waals surface area contributed by atoms with Gasteiger partial charge in [-0.2, -0.15) is 0 Å². The Labute approximate surface area is 153 Å². The SMILES string of the molecule is COc1ccc2[nH]cc(CC(C)(C)NCC(O)c3ccc(N)nc3)c2c1. The molecule has 5 N–H and O–H groups in total. The molecule has 1 unspecified atom stereocenters. The van der Waals surface area contributed by atoms with Gasteiger partial charge < -0.3 is 25.9 Å². The molecule has 0 aliphatic rings. The normalized spacial score (nSPS) is 13.1. The van der Waals surface area contributed by atoms with Gasteiger partial charge in [-0.25, -0.2) is 4.98 Å². The number of aromatic nitrogens is 2. The van der Waals surface area contributed by atoms with Gasteiger partial charge in [0.05, 0.1) is 13.2 Å². The third-order valence-electron chi connectivity index (χ3n) is 4.57. The molecule has 0 saturated heterocycles. The van der Waals surface area contributed by atoms with Crippen molar-refractivity contribution in [3.63, 3.8) is 0 Å². The number of aliphatic hydroxyl groups excluding tert-OH is 1. The zero-order chi connectivity index (χ0) is 18.7. The van der Waals surface area contributed by atoms with Gasteiger partial charge in [-0.05, 0) is 50.1 Å². The molecule has 6 heteroatoms. The van der Waals surface area contributed by atoms with Crippen molar-refractivity contribution in [3.8, 4) is 5.75 Å². The number of aromatic amines is 1. The van der Waals surface area contributed by atoms with Crippen molar-refractivity contribution in [1.29, 1.82) is 0 Å². The topological polar surface area (TPSA) is 96.2 Å². The first-order valence-electron chi connectivity index (χ1n) is 8.66. The third-order valence-corrected chi connectivity index (χ3v) is 4.57. The van der Waals surface area contributed by atoms with E-state index >= 15 is 0 Å². The number of hydrogen-bond donors (Lipinski definition) is 4. The number of rotatable bonds is 7. The summed E-state index contributed by atoms with van der Waals surface area (Å²) in [7, 11) is 1.67. The minimum Gasteiger partial charge on any atom is -0.497 e. The maximum absolute atomic E-state index is 10.4. The standard InChI is InChI=1S/C20H26N4O2/c1-20(2,24-12-18(25)13-4-7-19(21)23-10-13)9-14-11-22-17-6-5-15(26-3)8-16(14)17/h4-8,10-11,18,22,24-25H,9,12H2,1-3H3,(H2,21,23). The Morgan fingerprint density at radius 3 is 2.81 bits per heavy atom. The summed E-state index contributed by atoms with van der Waals surface area (Å²) in [5, 5.41) is 15.0. The number of pyridine rings is 1. The van der Waals surface area contributed by atoms with Crippen LogP contribution in [-0.4, -0.2) is 34.3 Å². The monoisotopic (exact) mass is 354 g/mol. The van der Waals surface area contributed by atoms with Crippen molar-refractivity contribution >= 4 is 16.7 Å². The molecule has 0 saturated carbocycles. The van der Waals surface area contributed by atoms with Crippen LogP contribution in [0, 0.1) is 0 Å². The Bertz CT molecular complexity index is 871. The summed E-state index contributed by atoms with van der Waals surface area (Å²) in [5.74, 6) is 1.29. The van der Waals surface area contributed by atoms with Gasteiger partial charge in [-0.15, -0.1) is 0 Å². The van der Waals surface area contributed by atoms with Crippen LogP contribution in [0.4, 0.5) is 5.82 Å². The highest BCUT2D eigenvalue weighted by molar-refractivity contribution is 5.84. The lowest BCUT2D eigenvalue weighted by Gasteiger charge is -2.28. The van der Waals surface area contributed by atoms with Crippen molar-refractivity contribution in [2.75, 3.05) is 19.4 Å². The van der Waals surface area contributed by atoms with Crippen LogP contribution < -0.4 is 15.8 Å². The number of benzene rings is 1. The molecule has 0 aliphatic carbocycles. The maximum Gasteiger partial charge on any atom is 0.123 e. The number of nitrogens with zero attached hydrogens (tertiary/aromatic N) is 1. The van der Waals surface area contributed by atoms with E-state index in [1.54, 1.807) is 25.4 Å². The Balaban J connectivity index is 1.67. The fourth-order valence-corrected chi connectivity index (χ4v) is 3.07. The number of nitrogens with one attached hydrogen (secondary N) is 2. The predicted molar refractivity (Wildman–Crippen MR) is 104 cm³/mol. The number of ether oxygens (including phenoxy) is 1. The van der Waals surface area contributed by atoms with Crippen LogP contribution in [-0.2, 0) is 6.42 Å². The van der Waals surface area contributed by atoms with Crippen LogP contribution in [0.15, 0.2) is 42.7 Å². The van der Waals surface area contributed by atoms with E-state index in [1.807, 2.05) is 24.4 Å². The van der Waals surface area contributed by atoms with Gasteiger partial charge in [-0.3, -0.25) is 0 Å². The first-order chi connectivity index (χ1) is 12.4. The molecule has 1 atom stereocenters. The molecule has 0 fully saturated rings. The molecule has 2 aromatic heterocycles. The highest BCUT2D eigenvalue weighted by Gasteiger charge is 2.21. The van der Waals surface area contributed by atoms with Crippen LogP contribution in [0.3, 0.4) is 0 Å². The van der Waals surface area contributed by atoms with E-state index in [2.05, 4.69) is 29.1 Å². The third kappa shape index (κ3) is 4.15. The van der Waals surface area contributed by atoms with Crippen LogP contribution in [0.1, 0.15) is 31.1 Å². The van der Waals surface area contributed by atoms with Gasteiger partial charge in [0.2, 0.25) is 0 Å². The van der Waals surface area contributed by atoms with Gasteiger partial charge in [0.15, 0.2) is 0 Å². The van der Waals surface area contributed by atoms with Crippen LogP contribution >= 0.6 is 0 Å². The molecular formula is C20H26N4O2. The zero-order valence-electron chi connectivity index (χ0n) is 15.4. The van der Waals surface area contributed by atoms with Crippen LogP contribution in [0.5, 0.6) is 5.75 Å². The van der Waals surface area contributed by atoms with E-state index in [-0.39, 0.29) is 5.54 Å². The van der Waals surface area contributed by atoms with E-state index in [0.717, 1.165) is 28.6 Å². The average Bonchev–Trinajstić information content (AvgIpc) is 3.01. The lowest BCUT2D eigenvalue weighted by atomic mass is 9.94. The molecule has 0 bridgehead atoms. The van der Waals surface area contributed by atoms with E-state index in [0.29, 0.717) is 12.4 Å². The fraction of sp³-hybridized carbons (Fsp3) is 0.350. The van der Waals surface area contributed by atoms with Gasteiger partial charge >= 0.3 is 0 Å². The first-order valence-corrected chi connectivity index (χ1v) is 8.66. The molecule has 0 radical (unpaired) electrons. The van der Waals surface area contributed by atoms with E-state index < -0.39 is 6.10 Å². The minimum atomic E-state index is -0.634. The number of methoxy groups -OCH3 is 1. The minimum absolute atomic E-state index is 0.194. The summed E-state index contributed by atoms with van der Waals surface area (Å²) in [6.45, 7) is 4.68. The number of nitrogen functional groups attached to an aromatic ring is 1. The van der Waals surface area contributed by atoms with E-state index in [1.165, 1.54) is 5.56 Å². The second-order valence-electron chi connectivity index (χ2n) is 7.20. The van der Waals surface area contributed by atoms with Gasteiger partial charge in [0.1, 0.15) is 11.6 Å². The van der Waals surface area contributed by atoms with Gasteiger partial charge in [-0.1, -0.05) is 6.07 Å². The molecule has 138 valence electrons. The molecule has 0 spiro atoms. The molecule has 6 nitrogen and oxygen atoms in total. The van der Waals surface area contributed by atoms with Gasteiger partial charge in [0, 0.05) is 40.9 Å². The van der Waals surface area contributed by atoms with E-state index in [4.69, 9.17) is 10.5 Å². The van der Waals surface area contributed by atoms with Crippen LogP contribution in [0.2, 0.25) is 0 Å². The van der Waals surface area contributed by atoms with Gasteiger partial charge in [0.25, 0.3) is 0 Å². The van der Waals surface area contributed by atoms with Crippen molar-refractivity contribution < 1.29 is 9.84 Å². The second kappa shape index (κ2) is 7.35. The van der Waals surface area contributed by atoms with Crippen molar-refractivity contribution in [2.24, 2.45) is 0 Å². The number of hydrogen-bond acceptors (Lipinski definition) is 5. The van der Waals surface area contributed by atoms with Crippen molar-refractivity contribution in [1.82, 2.24) is 15.3 Å². The molecule has 0 amide bonds. The summed E-state index contributed by atoms with van der Waals surface area (Å²) in [6, 6.07) is 9.52. The summed E-state index contributed by atoms with van der Waals surface area (Å²) in [6.07, 6.45) is 3.83. The molecule has 3 aromatic rings. The number of fused-ring (bicyclic) bond motifs is 1. The highest BCUT2D eigenvalue weighted by Crippen LogP contribution is 2.26. The smallest absolute Gasteiger partial charge is 0.123 e. The summed E-state index contributed by atoms with van der Waals surface area (Å²) in [5.41, 5.74) is 8.44. The predicted octanol–water partition coefficient (Wildman–Crippen LogP) is 2.80. The summed E-state index contributed by atoms with van der Waals surface area (Å²) in [4.78, 5) is 7.34. The molecule has 1 aromatic carbocycles. The van der Waals surface area contributed by atoms with Crippen LogP contribution in [0.25, 0.3) is 10.9 Å². The Kier molecular flexibility index (Phi) is 5.15. The Morgan fingerprint density at radius 2 is 2.12 bits per heavy atom. The Hall–Kier alpha value is -2.57. The number of nitrogens with two attached hydrogens (primary N) is 1. The zero-order valence-corrected chi connectivity index (χ0v) is 15.4. The number of aliphatic hydroxyl groups is 1. The summed E-state index contributed by atoms with van der Waals surface area (Å²) >= 11 is 0. The number of H-pyrrole nitrogens is 1. The maximum atomic E-state index is 10.4. The molecular weight excluding hydrogens is 328 g/mol. The number of β-amino-alcohol motifs (C(OH)–C–C–N with tert-alkyl or cyclic N) is 1. The quantitative estimate of drug-likeness (QED) is 0.523. The second-order valence-corrected chi connectivity index (χ2v) is 7.20. The van der Waals surface area contributed by atoms with Crippen molar-refractivity contribution in [3.05, 3.63) is 53.9 Å². The molecule has 3 rings (SSSR count). The summed E-state index contributed by atoms with van der Waals surface area (Å²) < 4.78 is 5.34. The molecule has 2 heterocycles. The largest absolute Gasteiger partial charge is 0.497 e. The van der Waals surface area contributed by atoms with E-state index in [9.17, 15) is 5.11 Å².